The number of rotatable bonds is 4. The van der Waals surface area contributed by atoms with E-state index in [1.165, 1.54) is 4.74 Å². The standard InChI is InChI=1S/C22H22N4O4.C2H6/c1-6-26-19(12(3)15-9-11(2)24-18(20(15)26)22(28)29)16-8-7-14(10-23-16)17-13(4)30-25(5)21(17)27;1-2/h7-10H,6H2,1-5H3,(H,28,29);1-2H3. The molecule has 0 atom stereocenters. The van der Waals surface area contributed by atoms with Gasteiger partial charge in [-0.2, -0.15) is 4.74 Å². The van der Waals surface area contributed by atoms with Gasteiger partial charge in [-0.1, -0.05) is 19.9 Å². The molecule has 168 valence electrons. The Bertz CT molecular complexity index is 1360. The Balaban J connectivity index is 0.00000141. The molecule has 8 heteroatoms. The summed E-state index contributed by atoms with van der Waals surface area (Å²) in [5.41, 5.74) is 4.70. The number of aryl methyl sites for hydroxylation is 5. The highest BCUT2D eigenvalue weighted by molar-refractivity contribution is 6.04. The first-order chi connectivity index (χ1) is 15.2. The summed E-state index contributed by atoms with van der Waals surface area (Å²) in [6, 6.07) is 5.58. The van der Waals surface area contributed by atoms with Crippen LogP contribution in [0.15, 0.2) is 33.7 Å². The van der Waals surface area contributed by atoms with Crippen LogP contribution in [0.3, 0.4) is 0 Å². The molecule has 4 rings (SSSR count). The Kier molecular flexibility index (Phi) is 6.34. The molecule has 8 nitrogen and oxygen atoms in total. The molecule has 0 unspecified atom stereocenters. The van der Waals surface area contributed by atoms with E-state index in [-0.39, 0.29) is 11.3 Å². The predicted molar refractivity (Wildman–Crippen MR) is 124 cm³/mol. The number of aromatic nitrogens is 4. The maximum absolute atomic E-state index is 12.3. The van der Waals surface area contributed by atoms with Gasteiger partial charge < -0.3 is 14.2 Å². The van der Waals surface area contributed by atoms with E-state index in [0.717, 1.165) is 16.6 Å². The summed E-state index contributed by atoms with van der Waals surface area (Å²) < 4.78 is 8.50. The number of carboxylic acid groups (broad SMARTS) is 1. The molecule has 4 aromatic heterocycles. The van der Waals surface area contributed by atoms with Crippen LogP contribution in [0.2, 0.25) is 0 Å². The number of carbonyl (C=O) groups is 1. The Morgan fingerprint density at radius 3 is 2.38 bits per heavy atom. The van der Waals surface area contributed by atoms with Crippen LogP contribution < -0.4 is 5.56 Å². The molecule has 0 aliphatic carbocycles. The van der Waals surface area contributed by atoms with Crippen LogP contribution in [0.1, 0.15) is 48.3 Å². The lowest BCUT2D eigenvalue weighted by Gasteiger charge is -2.10. The lowest BCUT2D eigenvalue weighted by Crippen LogP contribution is -2.11. The van der Waals surface area contributed by atoms with Crippen LogP contribution in [-0.4, -0.2) is 30.4 Å². The molecule has 0 saturated heterocycles. The maximum atomic E-state index is 12.3. The Morgan fingerprint density at radius 2 is 1.88 bits per heavy atom. The van der Waals surface area contributed by atoms with Crippen molar-refractivity contribution in [3.05, 3.63) is 57.5 Å². The fraction of sp³-hybridized carbons (Fsp3) is 0.333. The molecule has 1 N–H and O–H groups in total. The summed E-state index contributed by atoms with van der Waals surface area (Å²) in [7, 11) is 1.57. The minimum atomic E-state index is -1.06. The van der Waals surface area contributed by atoms with Crippen LogP contribution in [0.4, 0.5) is 0 Å². The molecule has 4 aromatic rings. The Hall–Kier alpha value is -3.68. The highest BCUT2D eigenvalue weighted by Crippen LogP contribution is 2.35. The smallest absolute Gasteiger partial charge is 0.356 e. The van der Waals surface area contributed by atoms with E-state index >= 15 is 0 Å². The van der Waals surface area contributed by atoms with E-state index in [2.05, 4.69) is 9.97 Å². The van der Waals surface area contributed by atoms with Crippen molar-refractivity contribution in [3.63, 3.8) is 0 Å². The predicted octanol–water partition coefficient (Wildman–Crippen LogP) is 4.73. The minimum Gasteiger partial charge on any atom is -0.476 e. The molecule has 0 radical (unpaired) electrons. The van der Waals surface area contributed by atoms with Gasteiger partial charge in [-0.15, -0.1) is 0 Å². The highest BCUT2D eigenvalue weighted by Gasteiger charge is 2.23. The number of nitrogens with zero attached hydrogens (tertiary/aromatic N) is 4. The lowest BCUT2D eigenvalue weighted by atomic mass is 10.1. The van der Waals surface area contributed by atoms with E-state index in [4.69, 9.17) is 4.52 Å². The zero-order valence-corrected chi connectivity index (χ0v) is 19.5. The third-order valence-electron chi connectivity index (χ3n) is 5.36. The third kappa shape index (κ3) is 3.62. The molecule has 0 bridgehead atoms. The van der Waals surface area contributed by atoms with Gasteiger partial charge in [0.1, 0.15) is 5.76 Å². The summed E-state index contributed by atoms with van der Waals surface area (Å²) in [6.45, 7) is 12.0. The van der Waals surface area contributed by atoms with Crippen LogP contribution in [-0.2, 0) is 13.6 Å². The van der Waals surface area contributed by atoms with Crippen molar-refractivity contribution in [3.8, 4) is 22.5 Å². The number of hydrogen-bond donors (Lipinski definition) is 1. The van der Waals surface area contributed by atoms with Crippen molar-refractivity contribution < 1.29 is 14.4 Å². The van der Waals surface area contributed by atoms with Gasteiger partial charge in [0.2, 0.25) is 0 Å². The second kappa shape index (κ2) is 8.82. The average Bonchev–Trinajstić information content (AvgIpc) is 3.20. The van der Waals surface area contributed by atoms with Crippen LogP contribution in [0.25, 0.3) is 33.4 Å². The molecule has 32 heavy (non-hydrogen) atoms. The normalized spacial score (nSPS) is 10.8. The zero-order valence-electron chi connectivity index (χ0n) is 19.5. The van der Waals surface area contributed by atoms with Crippen LogP contribution >= 0.6 is 0 Å². The monoisotopic (exact) mass is 436 g/mol. The summed E-state index contributed by atoms with van der Waals surface area (Å²) in [4.78, 5) is 33.0. The quantitative estimate of drug-likeness (QED) is 0.496. The van der Waals surface area contributed by atoms with Crippen molar-refractivity contribution in [1.29, 1.82) is 0 Å². The molecule has 0 aliphatic rings. The first-order valence-electron chi connectivity index (χ1n) is 10.6. The van der Waals surface area contributed by atoms with Crippen molar-refractivity contribution in [2.75, 3.05) is 0 Å². The molecule has 0 spiro atoms. The summed E-state index contributed by atoms with van der Waals surface area (Å²) >= 11 is 0. The van der Waals surface area contributed by atoms with Gasteiger partial charge in [0.05, 0.1) is 22.5 Å². The Labute approximate surface area is 186 Å². The number of fused-ring (bicyclic) bond motifs is 1. The minimum absolute atomic E-state index is 0.0374. The summed E-state index contributed by atoms with van der Waals surface area (Å²) in [6.07, 6.45) is 1.65. The van der Waals surface area contributed by atoms with E-state index in [0.29, 0.717) is 40.3 Å². The molecular formula is C24H28N4O4. The Morgan fingerprint density at radius 1 is 1.19 bits per heavy atom. The molecule has 0 saturated carbocycles. The van der Waals surface area contributed by atoms with Crippen molar-refractivity contribution in [2.45, 2.75) is 48.1 Å². The van der Waals surface area contributed by atoms with Gasteiger partial charge in [0.25, 0.3) is 5.56 Å². The topological polar surface area (TPSA) is 103 Å². The first-order valence-corrected chi connectivity index (χ1v) is 10.6. The van der Waals surface area contributed by atoms with Crippen molar-refractivity contribution >= 4 is 16.9 Å². The maximum Gasteiger partial charge on any atom is 0.356 e. The molecular weight excluding hydrogens is 408 g/mol. The summed E-state index contributed by atoms with van der Waals surface area (Å²) in [5.74, 6) is -0.527. The molecule has 0 aromatic carbocycles. The SMILES string of the molecule is CC.CCn1c(-c2ccc(-c3c(C)on(C)c3=O)cn2)c(C)c2cc(C)nc(C(=O)O)c21. The first kappa shape index (κ1) is 23.0. The second-order valence-electron chi connectivity index (χ2n) is 7.29. The van der Waals surface area contributed by atoms with Gasteiger partial charge in [-0.05, 0) is 45.4 Å². The van der Waals surface area contributed by atoms with Crippen molar-refractivity contribution in [1.82, 2.24) is 19.3 Å². The van der Waals surface area contributed by atoms with Crippen LogP contribution in [0.5, 0.6) is 0 Å². The summed E-state index contributed by atoms with van der Waals surface area (Å²) in [5, 5.41) is 10.5. The highest BCUT2D eigenvalue weighted by atomic mass is 16.5. The lowest BCUT2D eigenvalue weighted by molar-refractivity contribution is 0.0692. The van der Waals surface area contributed by atoms with E-state index in [1.54, 1.807) is 27.1 Å². The number of aromatic carboxylic acids is 1. The van der Waals surface area contributed by atoms with E-state index < -0.39 is 5.97 Å². The van der Waals surface area contributed by atoms with Gasteiger partial charge in [0.15, 0.2) is 5.69 Å². The average molecular weight is 437 g/mol. The molecule has 0 aliphatic heterocycles. The van der Waals surface area contributed by atoms with E-state index in [1.807, 2.05) is 50.5 Å². The van der Waals surface area contributed by atoms with Crippen molar-refractivity contribution in [2.24, 2.45) is 7.05 Å². The largest absolute Gasteiger partial charge is 0.476 e. The zero-order chi connectivity index (χ0) is 23.7. The molecule has 0 fully saturated rings. The number of hydrogen-bond acceptors (Lipinski definition) is 5. The number of carboxylic acids is 1. The third-order valence-corrected chi connectivity index (χ3v) is 5.36. The van der Waals surface area contributed by atoms with Gasteiger partial charge >= 0.3 is 5.97 Å². The number of pyridine rings is 2. The van der Waals surface area contributed by atoms with Gasteiger partial charge in [-0.25, -0.2) is 9.78 Å². The van der Waals surface area contributed by atoms with Gasteiger partial charge in [0, 0.05) is 36.4 Å². The molecule has 0 amide bonds. The fourth-order valence-corrected chi connectivity index (χ4v) is 4.07. The van der Waals surface area contributed by atoms with Gasteiger partial charge in [-0.3, -0.25) is 9.78 Å². The fourth-order valence-electron chi connectivity index (χ4n) is 4.07. The molecule has 4 heterocycles. The van der Waals surface area contributed by atoms with Crippen LogP contribution in [0, 0.1) is 20.8 Å². The van der Waals surface area contributed by atoms with E-state index in [9.17, 15) is 14.7 Å². The second-order valence-corrected chi connectivity index (χ2v) is 7.29.